The van der Waals surface area contributed by atoms with Gasteiger partial charge >= 0.3 is 12.3 Å². The lowest BCUT2D eigenvalue weighted by Gasteiger charge is -2.31. The molecule has 2 amide bonds. The third-order valence-corrected chi connectivity index (χ3v) is 6.38. The maximum atomic E-state index is 12.9. The number of hydrogen-bond donors (Lipinski definition) is 3. The zero-order valence-electron chi connectivity index (χ0n) is 20.5. The van der Waals surface area contributed by atoms with Crippen LogP contribution < -0.4 is 10.6 Å². The van der Waals surface area contributed by atoms with Crippen molar-refractivity contribution in [1.29, 1.82) is 0 Å². The lowest BCUT2D eigenvalue weighted by molar-refractivity contribution is -0.137. The Morgan fingerprint density at radius 2 is 1.86 bits per heavy atom. The first-order valence-electron chi connectivity index (χ1n) is 11.7. The van der Waals surface area contributed by atoms with Crippen LogP contribution in [-0.2, 0) is 23.8 Å². The van der Waals surface area contributed by atoms with E-state index in [1.165, 1.54) is 12.1 Å². The second kappa shape index (κ2) is 9.87. The molecule has 0 saturated heterocycles. The van der Waals surface area contributed by atoms with Crippen LogP contribution in [0.2, 0.25) is 0 Å². The molecule has 37 heavy (non-hydrogen) atoms. The van der Waals surface area contributed by atoms with E-state index in [2.05, 4.69) is 20.8 Å². The molecule has 0 aliphatic carbocycles. The predicted molar refractivity (Wildman–Crippen MR) is 129 cm³/mol. The van der Waals surface area contributed by atoms with Gasteiger partial charge in [-0.3, -0.25) is 4.79 Å². The smallest absolute Gasteiger partial charge is 0.416 e. The molecule has 0 bridgehead atoms. The van der Waals surface area contributed by atoms with Crippen molar-refractivity contribution >= 4 is 17.7 Å². The highest BCUT2D eigenvalue weighted by molar-refractivity contribution is 5.99. The monoisotopic (exact) mass is 516 g/mol. The van der Waals surface area contributed by atoms with Crippen LogP contribution >= 0.6 is 0 Å². The lowest BCUT2D eigenvalue weighted by atomic mass is 9.76. The first-order valence-corrected chi connectivity index (χ1v) is 11.7. The van der Waals surface area contributed by atoms with Gasteiger partial charge in [0.05, 0.1) is 12.0 Å². The van der Waals surface area contributed by atoms with Gasteiger partial charge in [-0.25, -0.2) is 4.79 Å². The average molecular weight is 517 g/mol. The Bertz CT molecular complexity index is 1300. The Balaban J connectivity index is 1.57. The number of anilines is 1. The lowest BCUT2D eigenvalue weighted by Crippen LogP contribution is -2.38. The number of aromatic nitrogens is 2. The van der Waals surface area contributed by atoms with E-state index in [1.807, 2.05) is 26.8 Å². The quantitative estimate of drug-likeness (QED) is 0.374. The van der Waals surface area contributed by atoms with E-state index in [9.17, 15) is 27.9 Å². The van der Waals surface area contributed by atoms with Crippen molar-refractivity contribution in [2.24, 2.45) is 5.41 Å². The number of carboxylic acid groups (broad SMARTS) is 1. The number of rotatable bonds is 7. The summed E-state index contributed by atoms with van der Waals surface area (Å²) in [7, 11) is 0. The van der Waals surface area contributed by atoms with Gasteiger partial charge in [0.15, 0.2) is 0 Å². The minimum Gasteiger partial charge on any atom is -0.465 e. The zero-order chi connectivity index (χ0) is 27.0. The standard InChI is InChI=1S/C26H27F3N4O4/c1-25(2,3)19(13-18(30-24(35)36)10-14-4-7-17(8-5-14)26(27,28)29)23-32-22(33-37-23)15-6-9-20-16(11-15)12-21(34)31-20/h4-9,11,18-19,30H,10,12-13H2,1-3H3,(H,31,34)(H,35,36). The Kier molecular flexibility index (Phi) is 6.98. The van der Waals surface area contributed by atoms with Crippen LogP contribution in [0.4, 0.5) is 23.7 Å². The van der Waals surface area contributed by atoms with Gasteiger partial charge in [-0.15, -0.1) is 0 Å². The van der Waals surface area contributed by atoms with Gasteiger partial charge in [0.25, 0.3) is 0 Å². The van der Waals surface area contributed by atoms with Gasteiger partial charge in [0.1, 0.15) is 0 Å². The van der Waals surface area contributed by atoms with Crippen LogP contribution in [0.5, 0.6) is 0 Å². The summed E-state index contributed by atoms with van der Waals surface area (Å²) in [4.78, 5) is 27.8. The molecular weight excluding hydrogens is 489 g/mol. The summed E-state index contributed by atoms with van der Waals surface area (Å²) in [6.45, 7) is 5.89. The number of benzene rings is 2. The molecule has 0 fully saturated rings. The summed E-state index contributed by atoms with van der Waals surface area (Å²) in [5, 5.41) is 18.8. The van der Waals surface area contributed by atoms with Gasteiger partial charge in [0, 0.05) is 23.2 Å². The molecule has 0 saturated carbocycles. The Morgan fingerprint density at radius 1 is 1.16 bits per heavy atom. The minimum absolute atomic E-state index is 0.0845. The number of hydrogen-bond acceptors (Lipinski definition) is 5. The van der Waals surface area contributed by atoms with Crippen LogP contribution in [0.1, 0.15) is 55.7 Å². The fraction of sp³-hybridized carbons (Fsp3) is 0.385. The third kappa shape index (κ3) is 6.28. The van der Waals surface area contributed by atoms with Crippen LogP contribution in [-0.4, -0.2) is 33.3 Å². The number of alkyl halides is 3. The molecule has 2 aromatic carbocycles. The highest BCUT2D eigenvalue weighted by Crippen LogP contribution is 2.39. The number of carbonyl (C=O) groups is 2. The van der Waals surface area contributed by atoms with Gasteiger partial charge in [0.2, 0.25) is 17.6 Å². The van der Waals surface area contributed by atoms with Gasteiger partial charge in [-0.05, 0) is 59.7 Å². The summed E-state index contributed by atoms with van der Waals surface area (Å²) in [5.41, 5.74) is 1.65. The van der Waals surface area contributed by atoms with E-state index < -0.39 is 29.3 Å². The van der Waals surface area contributed by atoms with E-state index in [-0.39, 0.29) is 31.1 Å². The van der Waals surface area contributed by atoms with Crippen LogP contribution in [0.25, 0.3) is 11.4 Å². The van der Waals surface area contributed by atoms with Gasteiger partial charge in [-0.1, -0.05) is 38.1 Å². The molecule has 3 N–H and O–H groups in total. The van der Waals surface area contributed by atoms with Crippen molar-refractivity contribution in [3.05, 3.63) is 65.0 Å². The maximum absolute atomic E-state index is 12.9. The molecular formula is C26H27F3N4O4. The van der Waals surface area contributed by atoms with Crippen molar-refractivity contribution in [2.45, 2.75) is 58.2 Å². The average Bonchev–Trinajstić information content (AvgIpc) is 3.41. The fourth-order valence-corrected chi connectivity index (χ4v) is 4.45. The van der Waals surface area contributed by atoms with Gasteiger partial charge < -0.3 is 20.3 Å². The SMILES string of the molecule is CC(C)(C)C(CC(Cc1ccc(C(F)(F)F)cc1)NC(=O)O)c1nc(-c2ccc3c(c2)CC(=O)N3)no1. The molecule has 1 aromatic heterocycles. The van der Waals surface area contributed by atoms with Crippen LogP contribution in [0, 0.1) is 5.41 Å². The third-order valence-electron chi connectivity index (χ3n) is 6.38. The minimum atomic E-state index is -4.45. The van der Waals surface area contributed by atoms with E-state index in [0.29, 0.717) is 22.8 Å². The number of nitrogens with one attached hydrogen (secondary N) is 2. The van der Waals surface area contributed by atoms with E-state index >= 15 is 0 Å². The number of carbonyl (C=O) groups excluding carboxylic acids is 1. The topological polar surface area (TPSA) is 117 Å². The molecule has 2 unspecified atom stereocenters. The molecule has 4 rings (SSSR count). The predicted octanol–water partition coefficient (Wildman–Crippen LogP) is 5.65. The fourth-order valence-electron chi connectivity index (χ4n) is 4.45. The van der Waals surface area contributed by atoms with E-state index in [4.69, 9.17) is 4.52 Å². The second-order valence-electron chi connectivity index (χ2n) is 10.3. The normalized spacial score (nSPS) is 15.1. The first-order chi connectivity index (χ1) is 17.3. The summed E-state index contributed by atoms with van der Waals surface area (Å²) in [6.07, 6.45) is -4.96. The van der Waals surface area contributed by atoms with Crippen molar-refractivity contribution in [3.8, 4) is 11.4 Å². The Hall–Kier alpha value is -3.89. The van der Waals surface area contributed by atoms with Crippen molar-refractivity contribution in [2.75, 3.05) is 5.32 Å². The molecule has 196 valence electrons. The highest BCUT2D eigenvalue weighted by Gasteiger charge is 2.35. The summed E-state index contributed by atoms with van der Waals surface area (Å²) in [5.74, 6) is 0.218. The van der Waals surface area contributed by atoms with Gasteiger partial charge in [-0.2, -0.15) is 18.2 Å². The number of halogens is 3. The largest absolute Gasteiger partial charge is 0.465 e. The van der Waals surface area contributed by atoms with Crippen LogP contribution in [0.3, 0.4) is 0 Å². The molecule has 1 aliphatic rings. The Labute approximate surface area is 211 Å². The molecule has 1 aliphatic heterocycles. The molecule has 11 heteroatoms. The summed E-state index contributed by atoms with van der Waals surface area (Å²) < 4.78 is 44.4. The van der Waals surface area contributed by atoms with Crippen LogP contribution in [0.15, 0.2) is 47.0 Å². The maximum Gasteiger partial charge on any atom is 0.416 e. The summed E-state index contributed by atoms with van der Waals surface area (Å²) in [6, 6.07) is 9.44. The second-order valence-corrected chi connectivity index (χ2v) is 10.3. The van der Waals surface area contributed by atoms with E-state index in [1.54, 1.807) is 12.1 Å². The molecule has 0 spiro atoms. The van der Waals surface area contributed by atoms with Crippen molar-refractivity contribution < 1.29 is 32.4 Å². The van der Waals surface area contributed by atoms with Crippen molar-refractivity contribution in [1.82, 2.24) is 15.5 Å². The first kappa shape index (κ1) is 26.2. The number of nitrogens with zero attached hydrogens (tertiary/aromatic N) is 2. The van der Waals surface area contributed by atoms with E-state index in [0.717, 1.165) is 23.4 Å². The number of amides is 2. The molecule has 3 aromatic rings. The highest BCUT2D eigenvalue weighted by atomic mass is 19.4. The molecule has 2 atom stereocenters. The Morgan fingerprint density at radius 3 is 2.49 bits per heavy atom. The molecule has 8 nitrogen and oxygen atoms in total. The zero-order valence-corrected chi connectivity index (χ0v) is 20.5. The summed E-state index contributed by atoms with van der Waals surface area (Å²) >= 11 is 0. The molecule has 0 radical (unpaired) electrons. The molecule has 2 heterocycles. The number of fused-ring (bicyclic) bond motifs is 1. The van der Waals surface area contributed by atoms with Crippen molar-refractivity contribution in [3.63, 3.8) is 0 Å².